The van der Waals surface area contributed by atoms with Crippen LogP contribution in [0.2, 0.25) is 0 Å². The van der Waals surface area contributed by atoms with E-state index in [4.69, 9.17) is 12.2 Å². The van der Waals surface area contributed by atoms with Crippen LogP contribution in [0.5, 0.6) is 0 Å². The lowest BCUT2D eigenvalue weighted by Crippen LogP contribution is -2.33. The van der Waals surface area contributed by atoms with E-state index in [1.165, 1.54) is 0 Å². The lowest BCUT2D eigenvalue weighted by atomic mass is 10.1. The van der Waals surface area contributed by atoms with E-state index in [0.29, 0.717) is 17.7 Å². The number of hydrogen-bond donors (Lipinski definition) is 2. The van der Waals surface area contributed by atoms with Crippen LogP contribution >= 0.6 is 12.2 Å². The maximum Gasteiger partial charge on any atom is 0.258 e. The van der Waals surface area contributed by atoms with Gasteiger partial charge in [-0.15, -0.1) is 0 Å². The smallest absolute Gasteiger partial charge is 0.258 e. The molecule has 0 radical (unpaired) electrons. The Balaban J connectivity index is 2.11. The summed E-state index contributed by atoms with van der Waals surface area (Å²) < 4.78 is 0. The number of para-hydroxylation sites is 1. The van der Waals surface area contributed by atoms with Crippen molar-refractivity contribution < 1.29 is 9.59 Å². The molecule has 2 aromatic rings. The minimum atomic E-state index is -0.163. The fourth-order valence-corrected chi connectivity index (χ4v) is 2.30. The van der Waals surface area contributed by atoms with E-state index in [-0.39, 0.29) is 16.9 Å². The molecule has 0 aliphatic carbocycles. The van der Waals surface area contributed by atoms with Crippen molar-refractivity contribution in [1.82, 2.24) is 5.32 Å². The summed E-state index contributed by atoms with van der Waals surface area (Å²) in [7, 11) is 1.73. The zero-order valence-corrected chi connectivity index (χ0v) is 14.4. The topological polar surface area (TPSA) is 61.4 Å². The highest BCUT2D eigenvalue weighted by Gasteiger charge is 2.14. The van der Waals surface area contributed by atoms with Crippen molar-refractivity contribution in [3.8, 4) is 0 Å². The summed E-state index contributed by atoms with van der Waals surface area (Å²) in [5, 5.41) is 5.68. The van der Waals surface area contributed by atoms with Gasteiger partial charge in [-0.2, -0.15) is 0 Å². The molecule has 0 unspecified atom stereocenters. The van der Waals surface area contributed by atoms with Gasteiger partial charge in [-0.1, -0.05) is 31.2 Å². The fraction of sp³-hybridized carbons (Fsp3) is 0.167. The maximum absolute atomic E-state index is 12.6. The summed E-state index contributed by atoms with van der Waals surface area (Å²) in [6.45, 7) is 1.75. The van der Waals surface area contributed by atoms with E-state index in [1.54, 1.807) is 43.1 Å². The Morgan fingerprint density at radius 1 is 1.08 bits per heavy atom. The van der Waals surface area contributed by atoms with Crippen molar-refractivity contribution in [2.75, 3.05) is 17.3 Å². The first-order chi connectivity index (χ1) is 11.5. The van der Waals surface area contributed by atoms with Crippen molar-refractivity contribution in [3.63, 3.8) is 0 Å². The van der Waals surface area contributed by atoms with Crippen LogP contribution in [0.15, 0.2) is 54.6 Å². The van der Waals surface area contributed by atoms with Crippen molar-refractivity contribution in [2.24, 2.45) is 0 Å². The molecule has 2 amide bonds. The van der Waals surface area contributed by atoms with Crippen LogP contribution in [-0.4, -0.2) is 24.0 Å². The molecule has 0 saturated heterocycles. The predicted octanol–water partition coefficient (Wildman–Crippen LogP) is 3.19. The molecule has 6 heteroatoms. The van der Waals surface area contributed by atoms with Crippen molar-refractivity contribution in [1.29, 1.82) is 0 Å². The number of hydrogen-bond acceptors (Lipinski definition) is 3. The second-order valence-electron chi connectivity index (χ2n) is 5.14. The number of carbonyl (C=O) groups is 2. The van der Waals surface area contributed by atoms with Crippen LogP contribution in [0.1, 0.15) is 23.7 Å². The Kier molecular flexibility index (Phi) is 6.03. The highest BCUT2D eigenvalue weighted by molar-refractivity contribution is 7.80. The molecule has 124 valence electrons. The molecule has 24 heavy (non-hydrogen) atoms. The molecule has 0 aromatic heterocycles. The summed E-state index contributed by atoms with van der Waals surface area (Å²) >= 11 is 5.08. The number of anilines is 2. The third kappa shape index (κ3) is 4.63. The van der Waals surface area contributed by atoms with Gasteiger partial charge in [0.2, 0.25) is 5.91 Å². The van der Waals surface area contributed by atoms with Crippen molar-refractivity contribution in [2.45, 2.75) is 13.3 Å². The zero-order chi connectivity index (χ0) is 17.5. The number of benzene rings is 2. The molecule has 2 aromatic carbocycles. The summed E-state index contributed by atoms with van der Waals surface area (Å²) in [6, 6.07) is 16.4. The second kappa shape index (κ2) is 8.21. The molecule has 2 rings (SSSR count). The first-order valence-electron chi connectivity index (χ1n) is 7.55. The molecule has 0 heterocycles. The van der Waals surface area contributed by atoms with Crippen LogP contribution in [0.25, 0.3) is 0 Å². The third-order valence-electron chi connectivity index (χ3n) is 3.39. The van der Waals surface area contributed by atoms with Gasteiger partial charge in [-0.3, -0.25) is 9.59 Å². The number of thiocarbonyl (C=S) groups is 1. The van der Waals surface area contributed by atoms with Gasteiger partial charge in [0.25, 0.3) is 5.91 Å². The minimum Gasteiger partial charge on any atom is -0.332 e. The molecule has 0 fully saturated rings. The molecule has 0 aliphatic heterocycles. The van der Waals surface area contributed by atoms with Gasteiger partial charge in [-0.05, 0) is 42.5 Å². The summed E-state index contributed by atoms with van der Waals surface area (Å²) in [6.07, 6.45) is 0.349. The largest absolute Gasteiger partial charge is 0.332 e. The van der Waals surface area contributed by atoms with Crippen molar-refractivity contribution >= 4 is 40.5 Å². The van der Waals surface area contributed by atoms with Gasteiger partial charge in [-0.25, -0.2) is 0 Å². The van der Waals surface area contributed by atoms with E-state index in [9.17, 15) is 9.59 Å². The number of rotatable bonds is 4. The molecule has 0 saturated carbocycles. The summed E-state index contributed by atoms with van der Waals surface area (Å²) in [5.41, 5.74) is 1.98. The van der Waals surface area contributed by atoms with E-state index in [0.717, 1.165) is 5.69 Å². The van der Waals surface area contributed by atoms with E-state index in [1.807, 2.05) is 30.3 Å². The molecular formula is C18H19N3O2S. The Labute approximate surface area is 146 Å². The van der Waals surface area contributed by atoms with Gasteiger partial charge >= 0.3 is 0 Å². The second-order valence-corrected chi connectivity index (χ2v) is 5.54. The molecule has 0 bridgehead atoms. The number of nitrogens with one attached hydrogen (secondary N) is 2. The Hall–Kier alpha value is -2.73. The quantitative estimate of drug-likeness (QED) is 0.839. The highest BCUT2D eigenvalue weighted by atomic mass is 32.1. The third-order valence-corrected chi connectivity index (χ3v) is 3.59. The summed E-state index contributed by atoms with van der Waals surface area (Å²) in [5.74, 6) is -0.295. The molecule has 0 aliphatic rings. The molecular weight excluding hydrogens is 322 g/mol. The minimum absolute atomic E-state index is 0.131. The fourth-order valence-electron chi connectivity index (χ4n) is 2.07. The monoisotopic (exact) mass is 341 g/mol. The van der Waals surface area contributed by atoms with Gasteiger partial charge in [0, 0.05) is 30.4 Å². The molecule has 2 N–H and O–H groups in total. The molecule has 5 nitrogen and oxygen atoms in total. The Morgan fingerprint density at radius 3 is 2.46 bits per heavy atom. The lowest BCUT2D eigenvalue weighted by molar-refractivity contribution is -0.119. The highest BCUT2D eigenvalue weighted by Crippen LogP contribution is 2.17. The lowest BCUT2D eigenvalue weighted by Gasteiger charge is -2.18. The van der Waals surface area contributed by atoms with Gasteiger partial charge < -0.3 is 15.5 Å². The predicted molar refractivity (Wildman–Crippen MR) is 100 cm³/mol. The van der Waals surface area contributed by atoms with E-state index in [2.05, 4.69) is 10.6 Å². The average Bonchev–Trinajstić information content (AvgIpc) is 2.61. The maximum atomic E-state index is 12.6. The zero-order valence-electron chi connectivity index (χ0n) is 13.6. The van der Waals surface area contributed by atoms with Crippen molar-refractivity contribution in [3.05, 3.63) is 60.2 Å². The molecule has 0 spiro atoms. The Morgan fingerprint density at radius 2 is 1.79 bits per heavy atom. The normalized spacial score (nSPS) is 9.92. The van der Waals surface area contributed by atoms with Crippen LogP contribution in [0, 0.1) is 0 Å². The first kappa shape index (κ1) is 17.6. The van der Waals surface area contributed by atoms with E-state index < -0.39 is 0 Å². The Bertz CT molecular complexity index is 747. The van der Waals surface area contributed by atoms with Gasteiger partial charge in [0.1, 0.15) is 0 Å². The SMILES string of the molecule is CCC(=O)NC(=S)Nc1cccc(C(=O)N(C)c2ccccc2)c1. The van der Waals surface area contributed by atoms with Gasteiger partial charge in [0.05, 0.1) is 0 Å². The average molecular weight is 341 g/mol. The summed E-state index contributed by atoms with van der Waals surface area (Å²) in [4.78, 5) is 25.5. The van der Waals surface area contributed by atoms with Gasteiger partial charge in [0.15, 0.2) is 5.11 Å². The number of nitrogens with zero attached hydrogens (tertiary/aromatic N) is 1. The standard InChI is InChI=1S/C18H19N3O2S/c1-3-16(22)20-18(24)19-14-9-7-8-13(12-14)17(23)21(2)15-10-5-4-6-11-15/h4-12H,3H2,1-2H3,(H2,19,20,22,24). The van der Waals surface area contributed by atoms with Crippen LogP contribution < -0.4 is 15.5 Å². The van der Waals surface area contributed by atoms with Crippen LogP contribution in [-0.2, 0) is 4.79 Å². The van der Waals surface area contributed by atoms with Crippen LogP contribution in [0.4, 0.5) is 11.4 Å². The first-order valence-corrected chi connectivity index (χ1v) is 7.96. The number of carbonyl (C=O) groups excluding carboxylic acids is 2. The number of amides is 2. The van der Waals surface area contributed by atoms with E-state index >= 15 is 0 Å². The van der Waals surface area contributed by atoms with Crippen LogP contribution in [0.3, 0.4) is 0 Å². The molecule has 0 atom stereocenters.